The Morgan fingerprint density at radius 1 is 0.625 bits per heavy atom. The second-order valence-corrected chi connectivity index (χ2v) is 5.97. The van der Waals surface area contributed by atoms with Crippen molar-refractivity contribution < 1.29 is 5.48 Å². The van der Waals surface area contributed by atoms with Crippen LogP contribution in [0.1, 0.15) is 77.5 Å². The van der Waals surface area contributed by atoms with Crippen molar-refractivity contribution in [1.29, 1.82) is 0 Å². The van der Waals surface area contributed by atoms with E-state index in [1.165, 1.54) is 24.3 Å². The second kappa shape index (κ2) is 19.5. The van der Waals surface area contributed by atoms with Crippen LogP contribution < -0.4 is 0 Å². The van der Waals surface area contributed by atoms with E-state index in [9.17, 15) is 0 Å². The zero-order chi connectivity index (χ0) is 21.3. The van der Waals surface area contributed by atoms with Gasteiger partial charge < -0.3 is 0 Å². The van der Waals surface area contributed by atoms with Crippen LogP contribution in [0.15, 0.2) is 72.9 Å². The van der Waals surface area contributed by atoms with Crippen LogP contribution in [-0.4, -0.2) is 0 Å². The average molecular weight is 331 g/mol. The van der Waals surface area contributed by atoms with Gasteiger partial charge in [-0.2, -0.15) is 0 Å². The van der Waals surface area contributed by atoms with E-state index >= 15 is 0 Å². The van der Waals surface area contributed by atoms with Crippen molar-refractivity contribution in [3.63, 3.8) is 0 Å². The van der Waals surface area contributed by atoms with Crippen molar-refractivity contribution in [2.75, 3.05) is 0 Å². The van der Waals surface area contributed by atoms with Gasteiger partial charge in [-0.15, -0.1) is 0 Å². The van der Waals surface area contributed by atoms with Gasteiger partial charge in [0.05, 0.1) is 0 Å². The molecule has 0 aliphatic carbocycles. The van der Waals surface area contributed by atoms with Crippen LogP contribution in [0.4, 0.5) is 0 Å². The summed E-state index contributed by atoms with van der Waals surface area (Å²) in [7, 11) is 0. The minimum absolute atomic E-state index is 0.596. The fourth-order valence-corrected chi connectivity index (χ4v) is 1.81. The molecule has 0 unspecified atom stereocenters. The van der Waals surface area contributed by atoms with Gasteiger partial charge in [-0.3, -0.25) is 0 Å². The van der Waals surface area contributed by atoms with Crippen LogP contribution in [0.3, 0.4) is 0 Å². The van der Waals surface area contributed by atoms with E-state index in [1.54, 1.807) is 6.08 Å². The summed E-state index contributed by atoms with van der Waals surface area (Å²) in [6.07, 6.45) is 24.0. The van der Waals surface area contributed by atoms with E-state index in [2.05, 4.69) is 51.2 Å². The Hall–Kier alpha value is -1.56. The maximum absolute atomic E-state index is 7.96. The topological polar surface area (TPSA) is 0 Å². The summed E-state index contributed by atoms with van der Waals surface area (Å²) in [6.45, 7) is 6.40. The fourth-order valence-electron chi connectivity index (χ4n) is 1.81. The molecule has 0 nitrogen and oxygen atoms in total. The molecule has 24 heavy (non-hydrogen) atoms. The Morgan fingerprint density at radius 2 is 1.04 bits per heavy atom. The van der Waals surface area contributed by atoms with Crippen molar-refractivity contribution in [3.05, 3.63) is 72.9 Å². The summed E-state index contributed by atoms with van der Waals surface area (Å²) in [6, 6.07) is 0. The molecule has 0 rings (SSSR count). The third-order valence-corrected chi connectivity index (χ3v) is 3.17. The Labute approximate surface area is 157 Å². The molecule has 0 heterocycles. The quantitative estimate of drug-likeness (QED) is 0.282. The highest BCUT2D eigenvalue weighted by Crippen LogP contribution is 2.04. The Bertz CT molecular complexity index is 561. The highest BCUT2D eigenvalue weighted by atomic mass is 13.9. The first-order chi connectivity index (χ1) is 13.2. The van der Waals surface area contributed by atoms with Gasteiger partial charge in [0.15, 0.2) is 0 Å². The smallest absolute Gasteiger partial charge is 0.0353 e. The van der Waals surface area contributed by atoms with E-state index in [-0.39, 0.29) is 0 Å². The molecule has 0 amide bonds. The van der Waals surface area contributed by atoms with Gasteiger partial charge in [-0.1, -0.05) is 93.7 Å². The molecule has 0 radical (unpaired) electrons. The lowest BCUT2D eigenvalue weighted by Crippen LogP contribution is -1.83. The molecule has 0 atom stereocenters. The third-order valence-electron chi connectivity index (χ3n) is 3.17. The van der Waals surface area contributed by atoms with E-state index in [0.717, 1.165) is 32.1 Å². The highest BCUT2D eigenvalue weighted by Gasteiger charge is 1.88. The van der Waals surface area contributed by atoms with Crippen LogP contribution in [0.2, 0.25) is 0 Å². The van der Waals surface area contributed by atoms with Crippen molar-refractivity contribution in [2.45, 2.75) is 72.0 Å². The molecule has 0 aromatic carbocycles. The standard InChI is InChI=1S/C24H38/c1-4-5-6-7-8-9-10-11-12-13-14-15-16-17-18-19-20-21-22-23-24(2)3/h5-6,8-9,11-12,14-15,17-18,20-21,24H,4,7,10,13,16,19,22-23H2,1-3H3/b6-5-,9-8-,12-11-,15-14-,18-17-,21-20-/i16D2,19D2. The van der Waals surface area contributed by atoms with Crippen LogP contribution in [0.25, 0.3) is 0 Å². The molecule has 0 aliphatic rings. The Balaban J connectivity index is 4.30. The van der Waals surface area contributed by atoms with Crippen molar-refractivity contribution in [1.82, 2.24) is 0 Å². The first-order valence-corrected chi connectivity index (χ1v) is 9.19. The minimum atomic E-state index is -1.65. The highest BCUT2D eigenvalue weighted by molar-refractivity contribution is 5.01. The minimum Gasteiger partial charge on any atom is -0.0885 e. The molecule has 0 aromatic heterocycles. The summed E-state index contributed by atoms with van der Waals surface area (Å²) < 4.78 is 31.8. The van der Waals surface area contributed by atoms with E-state index in [1.807, 2.05) is 12.2 Å². The van der Waals surface area contributed by atoms with Gasteiger partial charge in [0.25, 0.3) is 0 Å². The summed E-state index contributed by atoms with van der Waals surface area (Å²) in [4.78, 5) is 0. The summed E-state index contributed by atoms with van der Waals surface area (Å²) in [5.74, 6) is 0.596. The molecular formula is C24H38. The molecule has 0 spiro atoms. The van der Waals surface area contributed by atoms with Crippen LogP contribution in [-0.2, 0) is 0 Å². The number of allylic oxidation sites excluding steroid dienone is 12. The van der Waals surface area contributed by atoms with Crippen LogP contribution >= 0.6 is 0 Å². The third kappa shape index (κ3) is 20.4. The maximum atomic E-state index is 7.96. The monoisotopic (exact) mass is 330 g/mol. The first-order valence-electron chi connectivity index (χ1n) is 11.2. The molecule has 0 saturated carbocycles. The molecule has 0 aliphatic heterocycles. The van der Waals surface area contributed by atoms with E-state index in [0.29, 0.717) is 12.3 Å². The predicted octanol–water partition coefficient (Wildman–Crippen LogP) is 8.12. The molecule has 0 fully saturated rings. The van der Waals surface area contributed by atoms with Crippen molar-refractivity contribution >= 4 is 0 Å². The predicted molar refractivity (Wildman–Crippen MR) is 112 cm³/mol. The van der Waals surface area contributed by atoms with Gasteiger partial charge in [-0.25, -0.2) is 0 Å². The molecule has 134 valence electrons. The Morgan fingerprint density at radius 3 is 1.54 bits per heavy atom. The summed E-state index contributed by atoms with van der Waals surface area (Å²) >= 11 is 0. The lowest BCUT2D eigenvalue weighted by molar-refractivity contribution is 0.594. The molecular weight excluding hydrogens is 288 g/mol. The molecule has 0 heteroatoms. The normalized spacial score (nSPS) is 17.2. The lowest BCUT2D eigenvalue weighted by atomic mass is 10.1. The lowest BCUT2D eigenvalue weighted by Gasteiger charge is -1.98. The van der Waals surface area contributed by atoms with Gasteiger partial charge in [-0.05, 0) is 57.2 Å². The average Bonchev–Trinajstić information content (AvgIpc) is 2.62. The zero-order valence-electron chi connectivity index (χ0n) is 19.7. The number of hydrogen-bond acceptors (Lipinski definition) is 0. The van der Waals surface area contributed by atoms with Gasteiger partial charge in [0.1, 0.15) is 0 Å². The number of rotatable bonds is 14. The van der Waals surface area contributed by atoms with Crippen molar-refractivity contribution in [3.8, 4) is 0 Å². The largest absolute Gasteiger partial charge is 0.0885 e. The first kappa shape index (κ1) is 15.9. The fraction of sp³-hybridized carbons (Fsp3) is 0.500. The molecule has 0 bridgehead atoms. The number of hydrogen-bond donors (Lipinski definition) is 0. The van der Waals surface area contributed by atoms with Crippen LogP contribution in [0, 0.1) is 5.92 Å². The van der Waals surface area contributed by atoms with Crippen molar-refractivity contribution in [2.24, 2.45) is 5.92 Å². The van der Waals surface area contributed by atoms with E-state index in [4.69, 9.17) is 5.48 Å². The Kier molecular flexibility index (Phi) is 12.9. The zero-order valence-corrected chi connectivity index (χ0v) is 15.7. The molecule has 0 aromatic rings. The second-order valence-electron chi connectivity index (χ2n) is 5.97. The van der Waals surface area contributed by atoms with Gasteiger partial charge in [0, 0.05) is 5.48 Å². The van der Waals surface area contributed by atoms with Crippen LogP contribution in [0.5, 0.6) is 0 Å². The molecule has 0 N–H and O–H groups in total. The summed E-state index contributed by atoms with van der Waals surface area (Å²) in [5.41, 5.74) is 0. The SMILES string of the molecule is [2H]C([2H])(/C=C\C/C=C\C/C=C\C/C=C\CC)/C=C\C([2H])([2H])/C=C\CCC(C)C. The molecule has 0 saturated heterocycles. The maximum Gasteiger partial charge on any atom is 0.0353 e. The van der Waals surface area contributed by atoms with Gasteiger partial charge >= 0.3 is 0 Å². The van der Waals surface area contributed by atoms with E-state index < -0.39 is 12.7 Å². The van der Waals surface area contributed by atoms with Gasteiger partial charge in [0.2, 0.25) is 0 Å². The summed E-state index contributed by atoms with van der Waals surface area (Å²) in [5, 5.41) is 0.